The molecule has 0 aliphatic heterocycles. The van der Waals surface area contributed by atoms with Crippen molar-refractivity contribution < 1.29 is 8.42 Å². The van der Waals surface area contributed by atoms with Gasteiger partial charge in [-0.2, -0.15) is 0 Å². The van der Waals surface area contributed by atoms with E-state index in [4.69, 9.17) is 0 Å². The van der Waals surface area contributed by atoms with E-state index in [1.54, 1.807) is 11.3 Å². The highest BCUT2D eigenvalue weighted by Gasteiger charge is 2.15. The molecule has 1 aromatic carbocycles. The van der Waals surface area contributed by atoms with Crippen molar-refractivity contribution in [2.24, 2.45) is 0 Å². The van der Waals surface area contributed by atoms with E-state index in [-0.39, 0.29) is 10.6 Å². The van der Waals surface area contributed by atoms with E-state index in [1.165, 1.54) is 6.26 Å². The molecule has 0 fully saturated rings. The number of fused-ring (bicyclic) bond motifs is 1. The molecular formula is C11H12BrNO2S2. The molecule has 1 unspecified atom stereocenters. The number of sulfone groups is 1. The summed E-state index contributed by atoms with van der Waals surface area (Å²) in [5.41, 5.74) is 0.978. The van der Waals surface area contributed by atoms with Crippen LogP contribution in [-0.4, -0.2) is 30.2 Å². The van der Waals surface area contributed by atoms with Gasteiger partial charge in [0.2, 0.25) is 0 Å². The zero-order chi connectivity index (χ0) is 12.5. The van der Waals surface area contributed by atoms with Crippen LogP contribution >= 0.6 is 27.3 Å². The van der Waals surface area contributed by atoms with Crippen LogP contribution in [0.25, 0.3) is 10.2 Å². The lowest BCUT2D eigenvalue weighted by Crippen LogP contribution is -2.16. The molecule has 17 heavy (non-hydrogen) atoms. The van der Waals surface area contributed by atoms with Gasteiger partial charge in [0.15, 0.2) is 0 Å². The highest BCUT2D eigenvalue weighted by molar-refractivity contribution is 9.09. The maximum Gasteiger partial charge on any atom is 0.148 e. The Balaban J connectivity index is 2.13. The van der Waals surface area contributed by atoms with E-state index in [1.807, 2.05) is 24.3 Å². The predicted octanol–water partition coefficient (Wildman–Crippen LogP) is 2.65. The molecule has 0 bridgehead atoms. The maximum atomic E-state index is 11.2. The van der Waals surface area contributed by atoms with Crippen molar-refractivity contribution in [3.8, 4) is 0 Å². The monoisotopic (exact) mass is 333 g/mol. The summed E-state index contributed by atoms with van der Waals surface area (Å²) in [7, 11) is -2.94. The molecule has 2 rings (SSSR count). The minimum absolute atomic E-state index is 0.0712. The normalized spacial score (nSPS) is 14.0. The molecule has 6 heteroatoms. The van der Waals surface area contributed by atoms with E-state index < -0.39 is 9.84 Å². The van der Waals surface area contributed by atoms with Gasteiger partial charge in [-0.1, -0.05) is 28.1 Å². The molecule has 0 saturated heterocycles. The Morgan fingerprint density at radius 1 is 1.41 bits per heavy atom. The fourth-order valence-corrected chi connectivity index (χ4v) is 5.37. The first-order valence-electron chi connectivity index (χ1n) is 5.10. The van der Waals surface area contributed by atoms with Crippen LogP contribution in [0.5, 0.6) is 0 Å². The largest absolute Gasteiger partial charge is 0.241 e. The van der Waals surface area contributed by atoms with Gasteiger partial charge in [-0.25, -0.2) is 13.4 Å². The van der Waals surface area contributed by atoms with Gasteiger partial charge in [-0.15, -0.1) is 11.3 Å². The smallest absolute Gasteiger partial charge is 0.148 e. The summed E-state index contributed by atoms with van der Waals surface area (Å²) in [5.74, 6) is 0.142. The van der Waals surface area contributed by atoms with E-state index in [0.717, 1.165) is 15.2 Å². The SMILES string of the molecule is CS(=O)(=O)CC(Br)Cc1nc2ccccc2s1. The standard InChI is InChI=1S/C11H12BrNO2S2/c1-17(14,15)7-8(12)6-11-13-9-4-2-3-5-10(9)16-11/h2-5,8H,6-7H2,1H3. The summed E-state index contributed by atoms with van der Waals surface area (Å²) >= 11 is 5.01. The van der Waals surface area contributed by atoms with Gasteiger partial charge in [0.05, 0.1) is 21.0 Å². The third kappa shape index (κ3) is 3.76. The van der Waals surface area contributed by atoms with E-state index in [2.05, 4.69) is 20.9 Å². The van der Waals surface area contributed by atoms with Crippen LogP contribution in [0.2, 0.25) is 0 Å². The van der Waals surface area contributed by atoms with Crippen molar-refractivity contribution in [3.05, 3.63) is 29.3 Å². The van der Waals surface area contributed by atoms with Gasteiger partial charge in [-0.05, 0) is 12.1 Å². The lowest BCUT2D eigenvalue weighted by Gasteiger charge is -2.05. The molecule has 0 aliphatic carbocycles. The summed E-state index contributed by atoms with van der Waals surface area (Å²) in [4.78, 5) is 4.41. The highest BCUT2D eigenvalue weighted by atomic mass is 79.9. The van der Waals surface area contributed by atoms with Gasteiger partial charge in [0, 0.05) is 17.5 Å². The topological polar surface area (TPSA) is 47.0 Å². The van der Waals surface area contributed by atoms with Gasteiger partial charge in [-0.3, -0.25) is 0 Å². The number of hydrogen-bond donors (Lipinski definition) is 0. The number of hydrogen-bond acceptors (Lipinski definition) is 4. The quantitative estimate of drug-likeness (QED) is 0.808. The van der Waals surface area contributed by atoms with Crippen molar-refractivity contribution in [3.63, 3.8) is 0 Å². The zero-order valence-electron chi connectivity index (χ0n) is 9.26. The van der Waals surface area contributed by atoms with Crippen LogP contribution in [0.1, 0.15) is 5.01 Å². The van der Waals surface area contributed by atoms with Crippen LogP contribution in [-0.2, 0) is 16.3 Å². The van der Waals surface area contributed by atoms with Crippen molar-refractivity contribution in [2.45, 2.75) is 11.2 Å². The molecule has 1 aromatic heterocycles. The Kier molecular flexibility index (Phi) is 3.85. The summed E-state index contributed by atoms with van der Waals surface area (Å²) in [6, 6.07) is 7.92. The van der Waals surface area contributed by atoms with Crippen LogP contribution in [0, 0.1) is 0 Å². The molecule has 0 aliphatic rings. The summed E-state index contributed by atoms with van der Waals surface area (Å²) in [5, 5.41) is 0.969. The van der Waals surface area contributed by atoms with Crippen molar-refractivity contribution in [1.82, 2.24) is 4.98 Å². The number of thiazole rings is 1. The number of nitrogens with zero attached hydrogens (tertiary/aromatic N) is 1. The Hall–Kier alpha value is -0.460. The van der Waals surface area contributed by atoms with Gasteiger partial charge >= 0.3 is 0 Å². The second-order valence-corrected chi connectivity index (χ2v) is 8.56. The van der Waals surface area contributed by atoms with E-state index in [9.17, 15) is 8.42 Å². The first-order chi connectivity index (χ1) is 7.94. The van der Waals surface area contributed by atoms with Crippen LogP contribution in [0.15, 0.2) is 24.3 Å². The lowest BCUT2D eigenvalue weighted by atomic mass is 10.3. The van der Waals surface area contributed by atoms with Crippen molar-refractivity contribution >= 4 is 47.3 Å². The predicted molar refractivity (Wildman–Crippen MR) is 75.7 cm³/mol. The summed E-state index contributed by atoms with van der Waals surface area (Å²) in [6.45, 7) is 0. The van der Waals surface area contributed by atoms with Crippen LogP contribution < -0.4 is 0 Å². The highest BCUT2D eigenvalue weighted by Crippen LogP contribution is 2.24. The second kappa shape index (κ2) is 5.04. The van der Waals surface area contributed by atoms with E-state index in [0.29, 0.717) is 6.42 Å². The molecule has 0 radical (unpaired) electrons. The second-order valence-electron chi connectivity index (χ2n) is 3.97. The number of benzene rings is 1. The Labute approximate surface area is 113 Å². The van der Waals surface area contributed by atoms with Gasteiger partial charge < -0.3 is 0 Å². The number of para-hydroxylation sites is 1. The third-order valence-electron chi connectivity index (χ3n) is 2.22. The van der Waals surface area contributed by atoms with Crippen molar-refractivity contribution in [2.75, 3.05) is 12.0 Å². The molecule has 1 heterocycles. The van der Waals surface area contributed by atoms with Crippen LogP contribution in [0.4, 0.5) is 0 Å². The molecule has 0 N–H and O–H groups in total. The summed E-state index contributed by atoms with van der Waals surface area (Å²) < 4.78 is 23.5. The number of aromatic nitrogens is 1. The Bertz CT molecular complexity index is 588. The Morgan fingerprint density at radius 3 is 2.76 bits per heavy atom. The van der Waals surface area contributed by atoms with Crippen LogP contribution in [0.3, 0.4) is 0 Å². The number of rotatable bonds is 4. The molecular weight excluding hydrogens is 322 g/mol. The molecule has 3 nitrogen and oxygen atoms in total. The molecule has 0 saturated carbocycles. The fourth-order valence-electron chi connectivity index (χ4n) is 1.58. The first-order valence-corrected chi connectivity index (χ1v) is 8.89. The minimum atomic E-state index is -2.94. The fraction of sp³-hybridized carbons (Fsp3) is 0.364. The Morgan fingerprint density at radius 2 is 2.12 bits per heavy atom. The number of halogens is 1. The third-order valence-corrected chi connectivity index (χ3v) is 5.36. The molecule has 2 aromatic rings. The summed E-state index contributed by atoms with van der Waals surface area (Å²) in [6.07, 6.45) is 1.89. The first kappa shape index (κ1) is 13.0. The maximum absolute atomic E-state index is 11.2. The molecule has 1 atom stereocenters. The average Bonchev–Trinajstić information content (AvgIpc) is 2.55. The molecule has 92 valence electrons. The molecule has 0 amide bonds. The van der Waals surface area contributed by atoms with E-state index >= 15 is 0 Å². The number of alkyl halides is 1. The van der Waals surface area contributed by atoms with Gasteiger partial charge in [0.25, 0.3) is 0 Å². The van der Waals surface area contributed by atoms with Gasteiger partial charge in [0.1, 0.15) is 9.84 Å². The molecule has 0 spiro atoms. The van der Waals surface area contributed by atoms with Crippen molar-refractivity contribution in [1.29, 1.82) is 0 Å². The zero-order valence-corrected chi connectivity index (χ0v) is 12.5. The minimum Gasteiger partial charge on any atom is -0.241 e. The lowest BCUT2D eigenvalue weighted by molar-refractivity contribution is 0.600. The average molecular weight is 334 g/mol.